The van der Waals surface area contributed by atoms with Crippen molar-refractivity contribution in [2.75, 3.05) is 12.4 Å². The molecule has 100 valence electrons. The highest BCUT2D eigenvalue weighted by Gasteiger charge is 2.18. The molecular weight excluding hydrogens is 232 g/mol. The van der Waals surface area contributed by atoms with E-state index in [2.05, 4.69) is 0 Å². The molecule has 0 amide bonds. The maximum Gasteiger partial charge on any atom is 0.0630 e. The zero-order valence-corrected chi connectivity index (χ0v) is 11.6. The Morgan fingerprint density at radius 3 is 2.71 bits per heavy atom. The van der Waals surface area contributed by atoms with E-state index < -0.39 is 0 Å². The Labute approximate surface area is 110 Å². The molecule has 17 heavy (non-hydrogen) atoms. The van der Waals surface area contributed by atoms with Crippen LogP contribution in [0.5, 0.6) is 0 Å². The van der Waals surface area contributed by atoms with Crippen molar-refractivity contribution in [1.29, 1.82) is 0 Å². The lowest BCUT2D eigenvalue weighted by atomic mass is 10.1. The summed E-state index contributed by atoms with van der Waals surface area (Å²) < 4.78 is 5.59. The van der Waals surface area contributed by atoms with Crippen LogP contribution in [0, 0.1) is 0 Å². The van der Waals surface area contributed by atoms with Crippen LogP contribution >= 0.6 is 11.8 Å². The predicted molar refractivity (Wildman–Crippen MR) is 73.5 cm³/mol. The molecule has 2 aliphatic rings. The van der Waals surface area contributed by atoms with E-state index in [4.69, 9.17) is 4.74 Å². The van der Waals surface area contributed by atoms with Gasteiger partial charge in [-0.3, -0.25) is 0 Å². The van der Waals surface area contributed by atoms with Crippen LogP contribution in [-0.4, -0.2) is 34.9 Å². The summed E-state index contributed by atoms with van der Waals surface area (Å²) in [5, 5.41) is 10.8. The monoisotopic (exact) mass is 258 g/mol. The summed E-state index contributed by atoms with van der Waals surface area (Å²) in [5.41, 5.74) is 0. The number of rotatable bonds is 7. The van der Waals surface area contributed by atoms with Crippen LogP contribution < -0.4 is 0 Å². The normalized spacial score (nSPS) is 27.7. The maximum absolute atomic E-state index is 9.92. The molecular formula is C14H26O2S. The van der Waals surface area contributed by atoms with E-state index in [-0.39, 0.29) is 6.10 Å². The van der Waals surface area contributed by atoms with E-state index in [1.54, 1.807) is 0 Å². The Hall–Kier alpha value is 0.270. The van der Waals surface area contributed by atoms with Crippen LogP contribution in [0.15, 0.2) is 0 Å². The summed E-state index contributed by atoms with van der Waals surface area (Å²) >= 11 is 1.99. The fourth-order valence-corrected chi connectivity index (χ4v) is 4.17. The largest absolute Gasteiger partial charge is 0.392 e. The molecule has 2 unspecified atom stereocenters. The zero-order chi connectivity index (χ0) is 11.9. The summed E-state index contributed by atoms with van der Waals surface area (Å²) in [6.45, 7) is 0.949. The average Bonchev–Trinajstić information content (AvgIpc) is 2.99. The Kier molecular flexibility index (Phi) is 6.16. The number of ether oxygens (including phenoxy) is 1. The van der Waals surface area contributed by atoms with Gasteiger partial charge in [0, 0.05) is 17.6 Å². The minimum absolute atomic E-state index is 0.0954. The number of hydrogen-bond acceptors (Lipinski definition) is 3. The van der Waals surface area contributed by atoms with Gasteiger partial charge in [0.05, 0.1) is 12.2 Å². The molecule has 0 radical (unpaired) electrons. The van der Waals surface area contributed by atoms with E-state index in [0.29, 0.717) is 6.10 Å². The van der Waals surface area contributed by atoms with Crippen molar-refractivity contribution in [3.8, 4) is 0 Å². The highest BCUT2D eigenvalue weighted by atomic mass is 32.2. The van der Waals surface area contributed by atoms with Crippen molar-refractivity contribution in [2.24, 2.45) is 0 Å². The molecule has 1 N–H and O–H groups in total. The minimum atomic E-state index is -0.0954. The molecule has 2 rings (SSSR count). The number of thioether (sulfide) groups is 1. The quantitative estimate of drug-likeness (QED) is 0.759. The molecule has 0 aromatic rings. The molecule has 0 aromatic carbocycles. The van der Waals surface area contributed by atoms with Crippen LogP contribution in [0.3, 0.4) is 0 Å². The van der Waals surface area contributed by atoms with E-state index in [1.807, 2.05) is 11.8 Å². The molecule has 3 heteroatoms. The van der Waals surface area contributed by atoms with Gasteiger partial charge in [-0.1, -0.05) is 12.8 Å². The summed E-state index contributed by atoms with van der Waals surface area (Å²) in [7, 11) is 0. The second-order valence-corrected chi connectivity index (χ2v) is 6.79. The zero-order valence-electron chi connectivity index (χ0n) is 10.8. The van der Waals surface area contributed by atoms with Crippen LogP contribution in [0.4, 0.5) is 0 Å². The first kappa shape index (κ1) is 13.7. The first-order valence-corrected chi connectivity index (χ1v) is 8.31. The first-order valence-electron chi connectivity index (χ1n) is 7.26. The molecule has 2 atom stereocenters. The second-order valence-electron chi connectivity index (χ2n) is 5.46. The van der Waals surface area contributed by atoms with Gasteiger partial charge < -0.3 is 9.84 Å². The van der Waals surface area contributed by atoms with Gasteiger partial charge in [-0.25, -0.2) is 0 Å². The van der Waals surface area contributed by atoms with Crippen LogP contribution in [0.2, 0.25) is 0 Å². The third kappa shape index (κ3) is 5.19. The number of aliphatic hydroxyl groups is 1. The van der Waals surface area contributed by atoms with Gasteiger partial charge in [0.15, 0.2) is 0 Å². The van der Waals surface area contributed by atoms with Gasteiger partial charge in [0.25, 0.3) is 0 Å². The number of aliphatic hydroxyl groups excluding tert-OH is 1. The van der Waals surface area contributed by atoms with Gasteiger partial charge in [-0.15, -0.1) is 0 Å². The standard InChI is InChI=1S/C14H26O2S/c15-12(11-17-14-8-1-2-9-14)5-3-6-13-7-4-10-16-13/h12-15H,1-11H2. The average molecular weight is 258 g/mol. The summed E-state index contributed by atoms with van der Waals surface area (Å²) in [6, 6.07) is 0. The summed E-state index contributed by atoms with van der Waals surface area (Å²) in [6.07, 6.45) is 11.6. The van der Waals surface area contributed by atoms with E-state index in [1.165, 1.54) is 38.5 Å². The van der Waals surface area contributed by atoms with Gasteiger partial charge in [-0.05, 0) is 44.9 Å². The SMILES string of the molecule is OC(CCCC1CCCO1)CSC1CCCC1. The first-order chi connectivity index (χ1) is 8.34. The molecule has 1 saturated heterocycles. The van der Waals surface area contributed by atoms with Gasteiger partial charge in [0.2, 0.25) is 0 Å². The van der Waals surface area contributed by atoms with Crippen molar-refractivity contribution in [1.82, 2.24) is 0 Å². The molecule has 2 nitrogen and oxygen atoms in total. The predicted octanol–water partition coefficient (Wildman–Crippen LogP) is 3.37. The Bertz CT molecular complexity index is 198. The third-order valence-corrected chi connectivity index (χ3v) is 5.43. The lowest BCUT2D eigenvalue weighted by Crippen LogP contribution is -2.14. The summed E-state index contributed by atoms with van der Waals surface area (Å²) in [5.74, 6) is 0.941. The van der Waals surface area contributed by atoms with Gasteiger partial charge in [0.1, 0.15) is 0 Å². The van der Waals surface area contributed by atoms with Crippen LogP contribution in [-0.2, 0) is 4.74 Å². The minimum Gasteiger partial charge on any atom is -0.392 e. The Morgan fingerprint density at radius 2 is 2.00 bits per heavy atom. The lowest BCUT2D eigenvalue weighted by molar-refractivity contribution is 0.0966. The lowest BCUT2D eigenvalue weighted by Gasteiger charge is -2.14. The highest BCUT2D eigenvalue weighted by molar-refractivity contribution is 7.99. The van der Waals surface area contributed by atoms with E-state index in [0.717, 1.165) is 36.9 Å². The van der Waals surface area contributed by atoms with E-state index in [9.17, 15) is 5.11 Å². The van der Waals surface area contributed by atoms with Gasteiger partial charge in [-0.2, -0.15) is 11.8 Å². The fourth-order valence-electron chi connectivity index (χ4n) is 2.84. The van der Waals surface area contributed by atoms with Crippen molar-refractivity contribution in [2.45, 2.75) is 75.2 Å². The molecule has 0 bridgehead atoms. The molecule has 1 aliphatic carbocycles. The molecule has 1 aliphatic heterocycles. The van der Waals surface area contributed by atoms with E-state index >= 15 is 0 Å². The molecule has 0 aromatic heterocycles. The summed E-state index contributed by atoms with van der Waals surface area (Å²) in [4.78, 5) is 0. The Balaban J connectivity index is 1.46. The van der Waals surface area contributed by atoms with Crippen molar-refractivity contribution in [3.05, 3.63) is 0 Å². The number of hydrogen-bond donors (Lipinski definition) is 1. The van der Waals surface area contributed by atoms with Gasteiger partial charge >= 0.3 is 0 Å². The third-order valence-electron chi connectivity index (χ3n) is 3.91. The van der Waals surface area contributed by atoms with Crippen LogP contribution in [0.1, 0.15) is 57.8 Å². The smallest absolute Gasteiger partial charge is 0.0630 e. The maximum atomic E-state index is 9.92. The molecule has 1 saturated carbocycles. The van der Waals surface area contributed by atoms with Crippen molar-refractivity contribution < 1.29 is 9.84 Å². The molecule has 2 fully saturated rings. The topological polar surface area (TPSA) is 29.5 Å². The highest BCUT2D eigenvalue weighted by Crippen LogP contribution is 2.30. The fraction of sp³-hybridized carbons (Fsp3) is 1.00. The van der Waals surface area contributed by atoms with Crippen LogP contribution in [0.25, 0.3) is 0 Å². The van der Waals surface area contributed by atoms with Crippen molar-refractivity contribution in [3.63, 3.8) is 0 Å². The Morgan fingerprint density at radius 1 is 1.18 bits per heavy atom. The molecule has 0 spiro atoms. The molecule has 1 heterocycles. The second kappa shape index (κ2) is 7.65. The van der Waals surface area contributed by atoms with Crippen molar-refractivity contribution >= 4 is 11.8 Å².